The van der Waals surface area contributed by atoms with E-state index < -0.39 is 0 Å². The molecule has 0 amide bonds. The van der Waals surface area contributed by atoms with Crippen molar-refractivity contribution >= 4 is 0 Å². The zero-order valence-corrected chi connectivity index (χ0v) is 11.6. The fraction of sp³-hybridized carbons (Fsp3) is 0.556. The van der Waals surface area contributed by atoms with Crippen molar-refractivity contribution in [2.45, 2.75) is 63.4 Å². The van der Waals surface area contributed by atoms with Gasteiger partial charge in [0.25, 0.3) is 0 Å². The Bertz CT molecular complexity index is 439. The Kier molecular flexibility index (Phi) is 4.03. The van der Waals surface area contributed by atoms with Gasteiger partial charge in [-0.2, -0.15) is 0 Å². The first-order chi connectivity index (χ1) is 9.33. The smallest absolute Gasteiger partial charge is 0.0827 e. The van der Waals surface area contributed by atoms with Crippen molar-refractivity contribution in [3.63, 3.8) is 0 Å². The summed E-state index contributed by atoms with van der Waals surface area (Å²) in [6.45, 7) is 0. The lowest BCUT2D eigenvalue weighted by Crippen LogP contribution is -2.09. The zero-order valence-electron chi connectivity index (χ0n) is 11.6. The summed E-state index contributed by atoms with van der Waals surface area (Å²) in [7, 11) is 0. The van der Waals surface area contributed by atoms with Crippen molar-refractivity contribution in [3.05, 3.63) is 47.0 Å². The molecule has 0 radical (unpaired) electrons. The van der Waals surface area contributed by atoms with Crippen molar-refractivity contribution in [2.24, 2.45) is 0 Å². The summed E-state index contributed by atoms with van der Waals surface area (Å²) >= 11 is 0. The normalized spacial score (nSPS) is 21.6. The quantitative estimate of drug-likeness (QED) is 0.761. The Hall–Kier alpha value is -1.08. The third-order valence-electron chi connectivity index (χ3n) is 4.74. The Morgan fingerprint density at radius 1 is 1.05 bits per heavy atom. The maximum atomic E-state index is 10.3. The van der Waals surface area contributed by atoms with Gasteiger partial charge in [0.05, 0.1) is 6.10 Å². The van der Waals surface area contributed by atoms with E-state index in [0.29, 0.717) is 0 Å². The number of allylic oxidation sites excluding steroid dienone is 1. The number of aliphatic hydroxyl groups excluding tert-OH is 1. The summed E-state index contributed by atoms with van der Waals surface area (Å²) in [6, 6.07) is 8.69. The van der Waals surface area contributed by atoms with E-state index in [1.54, 1.807) is 0 Å². The highest BCUT2D eigenvalue weighted by Gasteiger charge is 2.19. The number of hydrogen-bond acceptors (Lipinski definition) is 1. The van der Waals surface area contributed by atoms with Crippen LogP contribution in [0.3, 0.4) is 0 Å². The van der Waals surface area contributed by atoms with Gasteiger partial charge in [0.1, 0.15) is 0 Å². The van der Waals surface area contributed by atoms with E-state index in [1.807, 2.05) is 0 Å². The van der Waals surface area contributed by atoms with E-state index in [0.717, 1.165) is 17.9 Å². The summed E-state index contributed by atoms with van der Waals surface area (Å²) in [5.74, 6) is 0.784. The van der Waals surface area contributed by atoms with E-state index in [9.17, 15) is 5.11 Å². The predicted molar refractivity (Wildman–Crippen MR) is 79.2 cm³/mol. The average Bonchev–Trinajstić information content (AvgIpc) is 2.39. The molecule has 19 heavy (non-hydrogen) atoms. The highest BCUT2D eigenvalue weighted by molar-refractivity contribution is 5.28. The lowest BCUT2D eigenvalue weighted by Gasteiger charge is -2.26. The first-order valence-corrected chi connectivity index (χ1v) is 7.79. The van der Waals surface area contributed by atoms with Gasteiger partial charge >= 0.3 is 0 Å². The molecule has 0 heterocycles. The van der Waals surface area contributed by atoms with Gasteiger partial charge in [0.15, 0.2) is 0 Å². The van der Waals surface area contributed by atoms with E-state index in [1.165, 1.54) is 56.1 Å². The third kappa shape index (κ3) is 3.09. The second-order valence-electron chi connectivity index (χ2n) is 6.12. The molecule has 1 N–H and O–H groups in total. The molecule has 1 atom stereocenters. The summed E-state index contributed by atoms with van der Waals surface area (Å²) in [4.78, 5) is 0. The van der Waals surface area contributed by atoms with E-state index in [4.69, 9.17) is 0 Å². The molecule has 102 valence electrons. The van der Waals surface area contributed by atoms with Crippen LogP contribution in [0, 0.1) is 0 Å². The van der Waals surface area contributed by atoms with E-state index in [-0.39, 0.29) is 6.10 Å². The minimum absolute atomic E-state index is 0.320. The molecule has 0 saturated heterocycles. The number of hydrogen-bond donors (Lipinski definition) is 1. The molecular weight excluding hydrogens is 232 g/mol. The van der Waals surface area contributed by atoms with Crippen LogP contribution in [0.4, 0.5) is 0 Å². The maximum Gasteiger partial charge on any atom is 0.0827 e. The molecule has 1 aromatic carbocycles. The molecule has 0 spiro atoms. The van der Waals surface area contributed by atoms with Crippen LogP contribution in [0.25, 0.3) is 0 Å². The molecule has 1 unspecified atom stereocenters. The molecule has 2 aliphatic rings. The fourth-order valence-electron chi connectivity index (χ4n) is 3.19. The van der Waals surface area contributed by atoms with Crippen LogP contribution in [-0.4, -0.2) is 5.11 Å². The van der Waals surface area contributed by atoms with Crippen LogP contribution >= 0.6 is 0 Å². The Morgan fingerprint density at radius 2 is 1.84 bits per heavy atom. The van der Waals surface area contributed by atoms with Gasteiger partial charge < -0.3 is 5.11 Å². The topological polar surface area (TPSA) is 20.2 Å². The van der Waals surface area contributed by atoms with Gasteiger partial charge in [-0.25, -0.2) is 0 Å². The number of rotatable bonds is 4. The van der Waals surface area contributed by atoms with Crippen molar-refractivity contribution < 1.29 is 5.11 Å². The number of benzene rings is 1. The molecule has 1 fully saturated rings. The van der Waals surface area contributed by atoms with Gasteiger partial charge in [-0.05, 0) is 62.0 Å². The molecular formula is C18H24O. The first kappa shape index (κ1) is 12.9. The van der Waals surface area contributed by atoms with Crippen molar-refractivity contribution in [2.75, 3.05) is 0 Å². The lowest BCUT2D eigenvalue weighted by atomic mass is 9.80. The molecule has 0 bridgehead atoms. The molecule has 0 aliphatic heterocycles. The largest absolute Gasteiger partial charge is 0.388 e. The van der Waals surface area contributed by atoms with E-state index in [2.05, 4.69) is 30.3 Å². The average molecular weight is 256 g/mol. The Labute approximate surface area is 116 Å². The molecule has 0 aromatic heterocycles. The van der Waals surface area contributed by atoms with Crippen LogP contribution in [-0.2, 0) is 0 Å². The lowest BCUT2D eigenvalue weighted by molar-refractivity contribution is 0.176. The summed E-state index contributed by atoms with van der Waals surface area (Å²) < 4.78 is 0. The highest BCUT2D eigenvalue weighted by Crippen LogP contribution is 2.37. The second kappa shape index (κ2) is 5.92. The van der Waals surface area contributed by atoms with Crippen LogP contribution < -0.4 is 0 Å². The van der Waals surface area contributed by atoms with Gasteiger partial charge in [-0.15, -0.1) is 0 Å². The van der Waals surface area contributed by atoms with Gasteiger partial charge in [-0.3, -0.25) is 0 Å². The minimum atomic E-state index is -0.320. The molecule has 1 saturated carbocycles. The third-order valence-corrected chi connectivity index (χ3v) is 4.74. The summed E-state index contributed by atoms with van der Waals surface area (Å²) in [5.41, 5.74) is 3.98. The number of aliphatic hydroxyl groups is 1. The fourth-order valence-corrected chi connectivity index (χ4v) is 3.19. The van der Waals surface area contributed by atoms with Gasteiger partial charge in [0.2, 0.25) is 0 Å². The molecule has 1 aromatic rings. The summed E-state index contributed by atoms with van der Waals surface area (Å²) in [6.07, 6.45) is 11.9. The second-order valence-corrected chi connectivity index (χ2v) is 6.12. The molecule has 2 aliphatic carbocycles. The van der Waals surface area contributed by atoms with Crippen molar-refractivity contribution in [1.29, 1.82) is 0 Å². The Morgan fingerprint density at radius 3 is 2.42 bits per heavy atom. The highest BCUT2D eigenvalue weighted by atomic mass is 16.3. The van der Waals surface area contributed by atoms with Gasteiger partial charge in [0, 0.05) is 0 Å². The van der Waals surface area contributed by atoms with Crippen LogP contribution in [0.1, 0.15) is 74.5 Å². The minimum Gasteiger partial charge on any atom is -0.388 e. The van der Waals surface area contributed by atoms with Crippen LogP contribution in [0.15, 0.2) is 35.9 Å². The predicted octanol–water partition coefficient (Wildman–Crippen LogP) is 4.88. The summed E-state index contributed by atoms with van der Waals surface area (Å²) in [5, 5.41) is 10.3. The van der Waals surface area contributed by atoms with Crippen molar-refractivity contribution in [3.8, 4) is 0 Å². The van der Waals surface area contributed by atoms with Crippen LogP contribution in [0.5, 0.6) is 0 Å². The standard InChI is InChI=1S/C18H24O/c19-18(13-14-5-2-1-3-6-14)17-11-9-16(10-12-17)15-7-4-8-15/h5,9-12,15,18-19H,1-4,6-8,13H2. The van der Waals surface area contributed by atoms with Crippen LogP contribution in [0.2, 0.25) is 0 Å². The zero-order chi connectivity index (χ0) is 13.1. The van der Waals surface area contributed by atoms with E-state index >= 15 is 0 Å². The molecule has 1 nitrogen and oxygen atoms in total. The first-order valence-electron chi connectivity index (χ1n) is 7.79. The Balaban J connectivity index is 1.62. The van der Waals surface area contributed by atoms with Crippen molar-refractivity contribution in [1.82, 2.24) is 0 Å². The van der Waals surface area contributed by atoms with Gasteiger partial charge in [-0.1, -0.05) is 42.3 Å². The molecule has 1 heteroatoms. The SMILES string of the molecule is OC(CC1=CCCCC1)c1ccc(C2CCC2)cc1. The maximum absolute atomic E-state index is 10.3. The monoisotopic (exact) mass is 256 g/mol. The molecule has 3 rings (SSSR count).